The van der Waals surface area contributed by atoms with Gasteiger partial charge in [0.1, 0.15) is 0 Å². The highest BCUT2D eigenvalue weighted by molar-refractivity contribution is 5.28. The molecule has 3 N–H and O–H groups in total. The zero-order chi connectivity index (χ0) is 16.4. The summed E-state index contributed by atoms with van der Waals surface area (Å²) in [7, 11) is 0. The fourth-order valence-electron chi connectivity index (χ4n) is 7.07. The van der Waals surface area contributed by atoms with Crippen molar-refractivity contribution in [2.24, 2.45) is 34.5 Å². The first kappa shape index (κ1) is 16.1. The van der Waals surface area contributed by atoms with E-state index in [1.165, 1.54) is 5.57 Å². The van der Waals surface area contributed by atoms with Crippen LogP contribution >= 0.6 is 0 Å². The second-order valence-corrected chi connectivity index (χ2v) is 9.19. The van der Waals surface area contributed by atoms with Gasteiger partial charge in [0.25, 0.3) is 0 Å². The van der Waals surface area contributed by atoms with E-state index in [1.54, 1.807) is 0 Å². The van der Waals surface area contributed by atoms with Crippen LogP contribution in [0, 0.1) is 34.5 Å². The monoisotopic (exact) mass is 320 g/mol. The quantitative estimate of drug-likeness (QED) is 0.651. The minimum Gasteiger partial charge on any atom is -0.395 e. The number of rotatable bonds is 1. The summed E-state index contributed by atoms with van der Waals surface area (Å²) in [6, 6.07) is 0. The molecule has 0 bridgehead atoms. The van der Waals surface area contributed by atoms with Crippen LogP contribution in [-0.4, -0.2) is 34.1 Å². The van der Waals surface area contributed by atoms with E-state index in [-0.39, 0.29) is 29.6 Å². The molecule has 0 aromatic heterocycles. The van der Waals surface area contributed by atoms with Crippen molar-refractivity contribution in [2.45, 2.75) is 71.0 Å². The van der Waals surface area contributed by atoms with Crippen LogP contribution in [-0.2, 0) is 0 Å². The highest BCUT2D eigenvalue weighted by Crippen LogP contribution is 2.65. The van der Waals surface area contributed by atoms with Crippen LogP contribution in [0.1, 0.15) is 58.8 Å². The van der Waals surface area contributed by atoms with Gasteiger partial charge < -0.3 is 15.3 Å². The molecule has 4 aliphatic rings. The lowest BCUT2D eigenvalue weighted by molar-refractivity contribution is -0.102. The molecule has 0 aliphatic heterocycles. The Bertz CT molecular complexity index is 515. The number of aliphatic hydroxyl groups is 3. The van der Waals surface area contributed by atoms with Gasteiger partial charge in [0, 0.05) is 5.41 Å². The standard InChI is InChI=1S/C20H32O3/c1-12-9-13-10-14(22)5-8-20(13,11-21)16-6-7-19(2)15(18(12)16)3-4-17(19)23/h9,12,14-18,21-23H,3-8,10-11H2,1-2H3/t12-,14-,15+,16+,17+,18+,19+,20-/m1/s1. The molecule has 0 heterocycles. The van der Waals surface area contributed by atoms with E-state index >= 15 is 0 Å². The lowest BCUT2D eigenvalue weighted by atomic mass is 9.45. The topological polar surface area (TPSA) is 60.7 Å². The van der Waals surface area contributed by atoms with Gasteiger partial charge in [-0.25, -0.2) is 0 Å². The molecule has 3 saturated carbocycles. The summed E-state index contributed by atoms with van der Waals surface area (Å²) >= 11 is 0. The van der Waals surface area contributed by atoms with Crippen molar-refractivity contribution in [1.82, 2.24) is 0 Å². The van der Waals surface area contributed by atoms with Gasteiger partial charge in [-0.15, -0.1) is 0 Å². The van der Waals surface area contributed by atoms with Crippen LogP contribution in [0.25, 0.3) is 0 Å². The molecular formula is C20H32O3. The zero-order valence-electron chi connectivity index (χ0n) is 14.5. The van der Waals surface area contributed by atoms with E-state index in [4.69, 9.17) is 0 Å². The highest BCUT2D eigenvalue weighted by Gasteiger charge is 2.60. The molecule has 3 nitrogen and oxygen atoms in total. The molecule has 8 atom stereocenters. The Morgan fingerprint density at radius 1 is 1.09 bits per heavy atom. The van der Waals surface area contributed by atoms with Gasteiger partial charge in [0.2, 0.25) is 0 Å². The van der Waals surface area contributed by atoms with E-state index < -0.39 is 0 Å². The third kappa shape index (κ3) is 2.06. The van der Waals surface area contributed by atoms with Crippen LogP contribution in [0.15, 0.2) is 11.6 Å². The van der Waals surface area contributed by atoms with Gasteiger partial charge in [-0.3, -0.25) is 0 Å². The molecule has 4 aliphatic carbocycles. The summed E-state index contributed by atoms with van der Waals surface area (Å²) in [6.07, 6.45) is 8.79. The Hall–Kier alpha value is -0.380. The number of hydrogen-bond acceptors (Lipinski definition) is 3. The minimum absolute atomic E-state index is 0.0750. The Balaban J connectivity index is 1.75. The summed E-state index contributed by atoms with van der Waals surface area (Å²) in [5, 5.41) is 31.0. The number of allylic oxidation sites excluding steroid dienone is 1. The van der Waals surface area contributed by atoms with E-state index in [9.17, 15) is 15.3 Å². The second kappa shape index (κ2) is 5.31. The average Bonchev–Trinajstić information content (AvgIpc) is 2.83. The predicted octanol–water partition coefficient (Wildman–Crippen LogP) is 2.89. The number of aliphatic hydroxyl groups excluding tert-OH is 3. The van der Waals surface area contributed by atoms with E-state index in [0.29, 0.717) is 23.7 Å². The summed E-state index contributed by atoms with van der Waals surface area (Å²) in [4.78, 5) is 0. The van der Waals surface area contributed by atoms with Gasteiger partial charge in [-0.05, 0) is 74.0 Å². The fourth-order valence-corrected chi connectivity index (χ4v) is 7.07. The van der Waals surface area contributed by atoms with Gasteiger partial charge in [0.15, 0.2) is 0 Å². The Morgan fingerprint density at radius 2 is 1.87 bits per heavy atom. The summed E-state index contributed by atoms with van der Waals surface area (Å²) in [5.74, 6) is 2.18. The van der Waals surface area contributed by atoms with Crippen molar-refractivity contribution in [2.75, 3.05) is 6.61 Å². The third-order valence-electron chi connectivity index (χ3n) is 8.36. The van der Waals surface area contributed by atoms with Crippen LogP contribution < -0.4 is 0 Å². The molecule has 0 amide bonds. The molecule has 3 fully saturated rings. The van der Waals surface area contributed by atoms with Gasteiger partial charge in [-0.2, -0.15) is 0 Å². The molecule has 0 saturated heterocycles. The first-order chi connectivity index (χ1) is 10.9. The normalized spacial score (nSPS) is 55.6. The highest BCUT2D eigenvalue weighted by atomic mass is 16.3. The maximum Gasteiger partial charge on any atom is 0.0596 e. The SMILES string of the molecule is C[C@@H]1C=C2C[C@H](O)CC[C@]2(CO)[C@H]2CC[C@]3(C)[C@@H](O)CC[C@H]3[C@H]12. The molecule has 0 unspecified atom stereocenters. The summed E-state index contributed by atoms with van der Waals surface area (Å²) in [6.45, 7) is 4.85. The minimum atomic E-state index is -0.230. The zero-order valence-corrected chi connectivity index (χ0v) is 14.5. The third-order valence-corrected chi connectivity index (χ3v) is 8.36. The van der Waals surface area contributed by atoms with E-state index in [0.717, 1.165) is 44.9 Å². The van der Waals surface area contributed by atoms with Crippen molar-refractivity contribution in [3.8, 4) is 0 Å². The summed E-state index contributed by atoms with van der Waals surface area (Å²) < 4.78 is 0. The first-order valence-electron chi connectivity index (χ1n) is 9.60. The summed E-state index contributed by atoms with van der Waals surface area (Å²) in [5.41, 5.74) is 1.31. The van der Waals surface area contributed by atoms with Crippen molar-refractivity contribution in [1.29, 1.82) is 0 Å². The molecule has 3 heteroatoms. The molecule has 130 valence electrons. The van der Waals surface area contributed by atoms with Crippen LogP contribution in [0.2, 0.25) is 0 Å². The van der Waals surface area contributed by atoms with Gasteiger partial charge in [0.05, 0.1) is 18.8 Å². The van der Waals surface area contributed by atoms with Gasteiger partial charge in [-0.1, -0.05) is 25.5 Å². The smallest absolute Gasteiger partial charge is 0.0596 e. The Kier molecular flexibility index (Phi) is 3.72. The second-order valence-electron chi connectivity index (χ2n) is 9.19. The maximum atomic E-state index is 10.6. The predicted molar refractivity (Wildman–Crippen MR) is 89.7 cm³/mol. The maximum absolute atomic E-state index is 10.6. The molecule has 0 radical (unpaired) electrons. The number of hydrogen-bond donors (Lipinski definition) is 3. The lowest BCUT2D eigenvalue weighted by Gasteiger charge is -2.59. The van der Waals surface area contributed by atoms with Gasteiger partial charge >= 0.3 is 0 Å². The van der Waals surface area contributed by atoms with Crippen molar-refractivity contribution >= 4 is 0 Å². The Morgan fingerprint density at radius 3 is 2.61 bits per heavy atom. The van der Waals surface area contributed by atoms with Crippen molar-refractivity contribution < 1.29 is 15.3 Å². The Labute approximate surface area is 139 Å². The van der Waals surface area contributed by atoms with E-state index in [2.05, 4.69) is 19.9 Å². The number of fused-ring (bicyclic) bond motifs is 5. The van der Waals surface area contributed by atoms with Crippen LogP contribution in [0.3, 0.4) is 0 Å². The first-order valence-corrected chi connectivity index (χ1v) is 9.60. The largest absolute Gasteiger partial charge is 0.395 e. The fraction of sp³-hybridized carbons (Fsp3) is 0.900. The molecular weight excluding hydrogens is 288 g/mol. The van der Waals surface area contributed by atoms with E-state index in [1.807, 2.05) is 0 Å². The molecule has 0 aromatic rings. The van der Waals surface area contributed by atoms with Crippen LogP contribution in [0.5, 0.6) is 0 Å². The molecule has 4 rings (SSSR count). The van der Waals surface area contributed by atoms with Crippen molar-refractivity contribution in [3.05, 3.63) is 11.6 Å². The molecule has 0 aromatic carbocycles. The molecule has 0 spiro atoms. The average molecular weight is 320 g/mol. The van der Waals surface area contributed by atoms with Crippen molar-refractivity contribution in [3.63, 3.8) is 0 Å². The van der Waals surface area contributed by atoms with Crippen LogP contribution in [0.4, 0.5) is 0 Å². The lowest BCUT2D eigenvalue weighted by Crippen LogP contribution is -2.55. The molecule has 23 heavy (non-hydrogen) atoms.